The van der Waals surface area contributed by atoms with E-state index < -0.39 is 0 Å². The van der Waals surface area contributed by atoms with E-state index >= 15 is 0 Å². The van der Waals surface area contributed by atoms with Gasteiger partial charge in [-0.05, 0) is 13.0 Å². The Morgan fingerprint density at radius 3 is 3.06 bits per heavy atom. The van der Waals surface area contributed by atoms with Crippen LogP contribution in [0.25, 0.3) is 0 Å². The van der Waals surface area contributed by atoms with E-state index in [0.717, 1.165) is 6.54 Å². The van der Waals surface area contributed by atoms with Gasteiger partial charge in [0.25, 0.3) is 5.56 Å². The minimum atomic E-state index is -0.129. The van der Waals surface area contributed by atoms with E-state index in [1.807, 2.05) is 30.8 Å². The van der Waals surface area contributed by atoms with Crippen molar-refractivity contribution >= 4 is 5.82 Å². The van der Waals surface area contributed by atoms with Gasteiger partial charge in [0.1, 0.15) is 11.6 Å². The van der Waals surface area contributed by atoms with E-state index in [0.29, 0.717) is 18.1 Å². The summed E-state index contributed by atoms with van der Waals surface area (Å²) in [4.78, 5) is 18.4. The molecule has 0 saturated carbocycles. The number of hydrogen-bond donors (Lipinski definition) is 2. The van der Waals surface area contributed by atoms with Gasteiger partial charge in [0, 0.05) is 30.9 Å². The summed E-state index contributed by atoms with van der Waals surface area (Å²) < 4.78 is 1.84. The molecule has 2 aromatic heterocycles. The predicted molar refractivity (Wildman–Crippen MR) is 69.5 cm³/mol. The van der Waals surface area contributed by atoms with Crippen LogP contribution in [0.2, 0.25) is 0 Å². The van der Waals surface area contributed by atoms with Crippen LogP contribution in [0.5, 0.6) is 0 Å². The number of rotatable bonds is 5. The molecule has 6 heteroatoms. The normalized spacial score (nSPS) is 12.3. The van der Waals surface area contributed by atoms with Gasteiger partial charge in [0.15, 0.2) is 0 Å². The van der Waals surface area contributed by atoms with Crippen molar-refractivity contribution in [3.63, 3.8) is 0 Å². The molecule has 18 heavy (non-hydrogen) atoms. The second-order valence-electron chi connectivity index (χ2n) is 4.20. The molecule has 1 unspecified atom stereocenters. The van der Waals surface area contributed by atoms with E-state index in [1.165, 1.54) is 6.07 Å². The van der Waals surface area contributed by atoms with E-state index in [4.69, 9.17) is 0 Å². The van der Waals surface area contributed by atoms with Crippen molar-refractivity contribution in [3.8, 4) is 0 Å². The van der Waals surface area contributed by atoms with Gasteiger partial charge in [-0.3, -0.25) is 9.48 Å². The highest BCUT2D eigenvalue weighted by Gasteiger charge is 2.06. The highest BCUT2D eigenvalue weighted by molar-refractivity contribution is 5.33. The fraction of sp³-hybridized carbons (Fsp3) is 0.417. The van der Waals surface area contributed by atoms with E-state index in [-0.39, 0.29) is 11.6 Å². The zero-order valence-electron chi connectivity index (χ0n) is 10.6. The second kappa shape index (κ2) is 5.48. The zero-order chi connectivity index (χ0) is 13.0. The molecule has 0 aliphatic rings. The Kier molecular flexibility index (Phi) is 3.76. The molecular weight excluding hydrogens is 230 g/mol. The summed E-state index contributed by atoms with van der Waals surface area (Å²) in [6.45, 7) is 4.70. The number of nitrogens with one attached hydrogen (secondary N) is 2. The molecule has 96 valence electrons. The molecule has 0 bridgehead atoms. The van der Waals surface area contributed by atoms with Gasteiger partial charge < -0.3 is 10.3 Å². The first-order valence-electron chi connectivity index (χ1n) is 6.01. The van der Waals surface area contributed by atoms with Gasteiger partial charge in [-0.1, -0.05) is 6.92 Å². The molecule has 0 aliphatic heterocycles. The van der Waals surface area contributed by atoms with Crippen LogP contribution >= 0.6 is 0 Å². The van der Waals surface area contributed by atoms with Gasteiger partial charge >= 0.3 is 0 Å². The summed E-state index contributed by atoms with van der Waals surface area (Å²) in [7, 11) is 0. The molecule has 2 heterocycles. The van der Waals surface area contributed by atoms with Crippen LogP contribution in [0.15, 0.2) is 29.3 Å². The molecule has 0 aromatic carbocycles. The Morgan fingerprint density at radius 2 is 2.39 bits per heavy atom. The molecule has 0 aliphatic carbocycles. The average molecular weight is 247 g/mol. The van der Waals surface area contributed by atoms with E-state index in [1.54, 1.807) is 6.20 Å². The number of nitrogens with zero attached hydrogens (tertiary/aromatic N) is 3. The van der Waals surface area contributed by atoms with Crippen molar-refractivity contribution in [1.82, 2.24) is 19.7 Å². The van der Waals surface area contributed by atoms with Crippen LogP contribution in [0.4, 0.5) is 5.82 Å². The first-order valence-corrected chi connectivity index (χ1v) is 6.01. The third-order valence-electron chi connectivity index (χ3n) is 2.54. The van der Waals surface area contributed by atoms with Gasteiger partial charge in [-0.25, -0.2) is 4.98 Å². The molecule has 0 fully saturated rings. The highest BCUT2D eigenvalue weighted by Crippen LogP contribution is 2.03. The van der Waals surface area contributed by atoms with Crippen molar-refractivity contribution in [1.29, 1.82) is 0 Å². The predicted octanol–water partition coefficient (Wildman–Crippen LogP) is 1.03. The summed E-state index contributed by atoms with van der Waals surface area (Å²) in [5.41, 5.74) is -0.129. The topological polar surface area (TPSA) is 75.6 Å². The molecule has 2 rings (SSSR count). The molecule has 0 amide bonds. The Bertz CT molecular complexity index is 546. The van der Waals surface area contributed by atoms with Gasteiger partial charge in [-0.2, -0.15) is 5.10 Å². The Labute approximate surface area is 105 Å². The maximum Gasteiger partial charge on any atom is 0.252 e. The summed E-state index contributed by atoms with van der Waals surface area (Å²) in [5.74, 6) is 1.30. The minimum absolute atomic E-state index is 0.129. The monoisotopic (exact) mass is 247 g/mol. The third-order valence-corrected chi connectivity index (χ3v) is 2.54. The van der Waals surface area contributed by atoms with Crippen LogP contribution in [0.3, 0.4) is 0 Å². The lowest BCUT2D eigenvalue weighted by Gasteiger charge is -2.14. The lowest BCUT2D eigenvalue weighted by atomic mass is 10.3. The Balaban J connectivity index is 2.04. The van der Waals surface area contributed by atoms with Crippen molar-refractivity contribution < 1.29 is 0 Å². The Hall–Kier alpha value is -2.11. The number of aryl methyl sites for hydroxylation is 1. The van der Waals surface area contributed by atoms with Crippen LogP contribution in [-0.4, -0.2) is 25.8 Å². The van der Waals surface area contributed by atoms with E-state index in [9.17, 15) is 4.79 Å². The molecule has 0 saturated heterocycles. The lowest BCUT2D eigenvalue weighted by Crippen LogP contribution is -2.24. The average Bonchev–Trinajstić information content (AvgIpc) is 2.80. The molecule has 0 radical (unpaired) electrons. The van der Waals surface area contributed by atoms with E-state index in [2.05, 4.69) is 20.4 Å². The molecule has 2 N–H and O–H groups in total. The molecule has 1 atom stereocenters. The number of aromatic amines is 1. The van der Waals surface area contributed by atoms with Gasteiger partial charge in [-0.15, -0.1) is 0 Å². The Morgan fingerprint density at radius 1 is 1.56 bits per heavy atom. The fourth-order valence-corrected chi connectivity index (χ4v) is 1.74. The first-order chi connectivity index (χ1) is 8.67. The summed E-state index contributed by atoms with van der Waals surface area (Å²) >= 11 is 0. The van der Waals surface area contributed by atoms with Gasteiger partial charge in [0.05, 0.1) is 6.54 Å². The van der Waals surface area contributed by atoms with Crippen LogP contribution in [-0.2, 0) is 13.0 Å². The molecule has 2 aromatic rings. The number of aromatic nitrogens is 4. The largest absolute Gasteiger partial charge is 0.366 e. The van der Waals surface area contributed by atoms with Crippen molar-refractivity contribution in [2.75, 3.05) is 5.32 Å². The minimum Gasteiger partial charge on any atom is -0.366 e. The highest BCUT2D eigenvalue weighted by atomic mass is 16.1. The number of hydrogen-bond acceptors (Lipinski definition) is 4. The van der Waals surface area contributed by atoms with Crippen molar-refractivity contribution in [3.05, 3.63) is 40.7 Å². The number of H-pyrrole nitrogens is 1. The summed E-state index contributed by atoms with van der Waals surface area (Å²) in [6, 6.07) is 3.50. The summed E-state index contributed by atoms with van der Waals surface area (Å²) in [6.07, 6.45) is 4.35. The van der Waals surface area contributed by atoms with Crippen LogP contribution in [0, 0.1) is 0 Å². The standard InChI is InChI=1S/C12H17N5O/c1-3-10-15-11(7-12(18)16-10)14-9(2)8-17-6-4-5-13-17/h4-7,9H,3,8H2,1-2H3,(H2,14,15,16,18). The first kappa shape index (κ1) is 12.3. The van der Waals surface area contributed by atoms with Gasteiger partial charge in [0.2, 0.25) is 0 Å². The maximum atomic E-state index is 11.4. The smallest absolute Gasteiger partial charge is 0.252 e. The number of anilines is 1. The third kappa shape index (κ3) is 3.19. The van der Waals surface area contributed by atoms with Crippen LogP contribution in [0.1, 0.15) is 19.7 Å². The van der Waals surface area contributed by atoms with Crippen molar-refractivity contribution in [2.24, 2.45) is 0 Å². The quantitative estimate of drug-likeness (QED) is 0.827. The maximum absolute atomic E-state index is 11.4. The fourth-order valence-electron chi connectivity index (χ4n) is 1.74. The molecular formula is C12H17N5O. The molecule has 0 spiro atoms. The van der Waals surface area contributed by atoms with Crippen LogP contribution < -0.4 is 10.9 Å². The lowest BCUT2D eigenvalue weighted by molar-refractivity contribution is 0.559. The molecule has 6 nitrogen and oxygen atoms in total. The summed E-state index contributed by atoms with van der Waals surface area (Å²) in [5, 5.41) is 7.34. The second-order valence-corrected chi connectivity index (χ2v) is 4.20. The SMILES string of the molecule is CCc1nc(NC(C)Cn2cccn2)cc(=O)[nH]1. The van der Waals surface area contributed by atoms with Crippen molar-refractivity contribution in [2.45, 2.75) is 32.9 Å². The zero-order valence-corrected chi connectivity index (χ0v) is 10.6.